The molecular weight excluding hydrogens is 166 g/mol. The molecular formula is C8H7N5. The average Bonchev–Trinajstić information content (AvgIpc) is 2.61. The molecule has 2 aromatic rings. The highest BCUT2D eigenvalue weighted by molar-refractivity contribution is 5.47. The Morgan fingerprint density at radius 2 is 2.46 bits per heavy atom. The lowest BCUT2D eigenvalue weighted by atomic mass is 10.2. The highest BCUT2D eigenvalue weighted by Crippen LogP contribution is 2.07. The number of nitrogens with zero attached hydrogens (tertiary/aromatic N) is 5. The van der Waals surface area contributed by atoms with Crippen molar-refractivity contribution < 1.29 is 0 Å². The van der Waals surface area contributed by atoms with Gasteiger partial charge in [0.1, 0.15) is 0 Å². The van der Waals surface area contributed by atoms with Crippen LogP contribution in [0, 0.1) is 0 Å². The molecule has 0 saturated heterocycles. The number of fused-ring (bicyclic) bond motifs is 1. The van der Waals surface area contributed by atoms with Gasteiger partial charge in [0.15, 0.2) is 0 Å². The van der Waals surface area contributed by atoms with Crippen molar-refractivity contribution in [2.24, 2.45) is 5.11 Å². The Hall–Kier alpha value is -2.00. The maximum Gasteiger partial charge on any atom is 0.0664 e. The van der Waals surface area contributed by atoms with Crippen molar-refractivity contribution in [1.29, 1.82) is 0 Å². The van der Waals surface area contributed by atoms with Gasteiger partial charge in [0.2, 0.25) is 0 Å². The van der Waals surface area contributed by atoms with E-state index >= 15 is 0 Å². The molecule has 0 fully saturated rings. The summed E-state index contributed by atoms with van der Waals surface area (Å²) in [5.41, 5.74) is 10.1. The highest BCUT2D eigenvalue weighted by atomic mass is 15.2. The van der Waals surface area contributed by atoms with E-state index in [0.29, 0.717) is 6.54 Å². The first kappa shape index (κ1) is 7.64. The van der Waals surface area contributed by atoms with E-state index < -0.39 is 0 Å². The Balaban J connectivity index is 2.42. The molecule has 0 aliphatic heterocycles. The van der Waals surface area contributed by atoms with Crippen LogP contribution in [0.2, 0.25) is 0 Å². The molecule has 0 unspecified atom stereocenters. The molecule has 0 spiro atoms. The van der Waals surface area contributed by atoms with Gasteiger partial charge in [0.25, 0.3) is 0 Å². The van der Waals surface area contributed by atoms with Gasteiger partial charge >= 0.3 is 0 Å². The lowest BCUT2D eigenvalue weighted by Crippen LogP contribution is -1.87. The molecule has 2 heterocycles. The molecule has 0 aromatic carbocycles. The summed E-state index contributed by atoms with van der Waals surface area (Å²) in [6.45, 7) is 0.387. The summed E-state index contributed by atoms with van der Waals surface area (Å²) < 4.78 is 1.76. The Bertz CT molecular complexity index is 466. The number of azide groups is 1. The number of rotatable bonds is 2. The molecule has 5 nitrogen and oxygen atoms in total. The molecule has 13 heavy (non-hydrogen) atoms. The first-order valence-corrected chi connectivity index (χ1v) is 3.83. The average molecular weight is 173 g/mol. The SMILES string of the molecule is [N-]=[N+]=NCc1ccn2nccc2c1. The minimum Gasteiger partial charge on any atom is -0.241 e. The third kappa shape index (κ3) is 1.45. The van der Waals surface area contributed by atoms with Crippen LogP contribution in [-0.4, -0.2) is 9.61 Å². The second-order valence-corrected chi connectivity index (χ2v) is 2.62. The van der Waals surface area contributed by atoms with Gasteiger partial charge in [-0.15, -0.1) is 0 Å². The largest absolute Gasteiger partial charge is 0.241 e. The summed E-state index contributed by atoms with van der Waals surface area (Å²) in [6.07, 6.45) is 3.57. The lowest BCUT2D eigenvalue weighted by Gasteiger charge is -1.96. The molecule has 0 aliphatic carbocycles. The Kier molecular flexibility index (Phi) is 1.86. The van der Waals surface area contributed by atoms with Gasteiger partial charge in [-0.1, -0.05) is 5.11 Å². The van der Waals surface area contributed by atoms with E-state index in [1.807, 2.05) is 24.4 Å². The summed E-state index contributed by atoms with van der Waals surface area (Å²) in [6, 6.07) is 5.73. The van der Waals surface area contributed by atoms with E-state index in [1.54, 1.807) is 10.7 Å². The Morgan fingerprint density at radius 3 is 3.31 bits per heavy atom. The molecule has 0 amide bonds. The lowest BCUT2D eigenvalue weighted by molar-refractivity contribution is 0.945. The molecule has 64 valence electrons. The van der Waals surface area contributed by atoms with Gasteiger partial charge in [-0.25, -0.2) is 4.52 Å². The van der Waals surface area contributed by atoms with Crippen LogP contribution in [0.3, 0.4) is 0 Å². The summed E-state index contributed by atoms with van der Waals surface area (Å²) in [7, 11) is 0. The fraction of sp³-hybridized carbons (Fsp3) is 0.125. The van der Waals surface area contributed by atoms with Crippen molar-refractivity contribution in [2.45, 2.75) is 6.54 Å². The van der Waals surface area contributed by atoms with Crippen LogP contribution in [-0.2, 0) is 6.54 Å². The number of pyridine rings is 1. The van der Waals surface area contributed by atoms with Crippen LogP contribution in [0.25, 0.3) is 16.0 Å². The fourth-order valence-electron chi connectivity index (χ4n) is 1.18. The smallest absolute Gasteiger partial charge is 0.0664 e. The van der Waals surface area contributed by atoms with Gasteiger partial charge < -0.3 is 0 Å². The quantitative estimate of drug-likeness (QED) is 0.389. The van der Waals surface area contributed by atoms with E-state index in [9.17, 15) is 0 Å². The van der Waals surface area contributed by atoms with Crippen molar-refractivity contribution in [3.63, 3.8) is 0 Å². The molecule has 0 saturated carbocycles. The highest BCUT2D eigenvalue weighted by Gasteiger charge is 1.94. The molecule has 0 N–H and O–H groups in total. The second kappa shape index (κ2) is 3.16. The van der Waals surface area contributed by atoms with Crippen molar-refractivity contribution in [3.05, 3.63) is 46.6 Å². The summed E-state index contributed by atoms with van der Waals surface area (Å²) >= 11 is 0. The fourth-order valence-corrected chi connectivity index (χ4v) is 1.18. The number of hydrogen-bond donors (Lipinski definition) is 0. The Labute approximate surface area is 74.2 Å². The second-order valence-electron chi connectivity index (χ2n) is 2.62. The molecule has 2 rings (SSSR count). The van der Waals surface area contributed by atoms with Crippen LogP contribution in [0.15, 0.2) is 35.7 Å². The Morgan fingerprint density at radius 1 is 1.54 bits per heavy atom. The van der Waals surface area contributed by atoms with E-state index in [4.69, 9.17) is 5.53 Å². The predicted octanol–water partition coefficient (Wildman–Crippen LogP) is 2.14. The van der Waals surface area contributed by atoms with Crippen LogP contribution < -0.4 is 0 Å². The number of hydrogen-bond acceptors (Lipinski definition) is 2. The first-order chi connectivity index (χ1) is 6.40. The van der Waals surface area contributed by atoms with Crippen LogP contribution in [0.1, 0.15) is 5.56 Å². The summed E-state index contributed by atoms with van der Waals surface area (Å²) in [5, 5.41) is 7.54. The zero-order valence-corrected chi connectivity index (χ0v) is 6.83. The van der Waals surface area contributed by atoms with Gasteiger partial charge in [-0.3, -0.25) is 0 Å². The third-order valence-electron chi connectivity index (χ3n) is 1.78. The molecule has 0 bridgehead atoms. The monoisotopic (exact) mass is 173 g/mol. The van der Waals surface area contributed by atoms with E-state index in [-0.39, 0.29) is 0 Å². The zero-order chi connectivity index (χ0) is 9.10. The standard InChI is InChI=1S/C8H7N5/c9-12-10-6-7-2-4-13-8(5-7)1-3-11-13/h1-5H,6H2. The maximum absolute atomic E-state index is 8.14. The topological polar surface area (TPSA) is 66.1 Å². The summed E-state index contributed by atoms with van der Waals surface area (Å²) in [5.74, 6) is 0. The van der Waals surface area contributed by atoms with E-state index in [2.05, 4.69) is 15.1 Å². The minimum absolute atomic E-state index is 0.387. The first-order valence-electron chi connectivity index (χ1n) is 3.83. The minimum atomic E-state index is 0.387. The third-order valence-corrected chi connectivity index (χ3v) is 1.78. The predicted molar refractivity (Wildman–Crippen MR) is 48.0 cm³/mol. The molecule has 0 atom stereocenters. The van der Waals surface area contributed by atoms with Gasteiger partial charge in [-0.05, 0) is 29.3 Å². The van der Waals surface area contributed by atoms with Crippen molar-refractivity contribution >= 4 is 5.52 Å². The van der Waals surface area contributed by atoms with Gasteiger partial charge in [0, 0.05) is 17.3 Å². The van der Waals surface area contributed by atoms with Crippen molar-refractivity contribution in [1.82, 2.24) is 9.61 Å². The zero-order valence-electron chi connectivity index (χ0n) is 6.83. The van der Waals surface area contributed by atoms with Gasteiger partial charge in [0.05, 0.1) is 12.1 Å². The normalized spacial score (nSPS) is 9.85. The summed E-state index contributed by atoms with van der Waals surface area (Å²) in [4.78, 5) is 2.70. The van der Waals surface area contributed by atoms with E-state index in [1.165, 1.54) is 0 Å². The number of aromatic nitrogens is 2. The van der Waals surface area contributed by atoms with Crippen LogP contribution in [0.4, 0.5) is 0 Å². The van der Waals surface area contributed by atoms with Crippen LogP contribution in [0.5, 0.6) is 0 Å². The molecule has 5 heteroatoms. The van der Waals surface area contributed by atoms with Crippen LogP contribution >= 0.6 is 0 Å². The molecule has 2 aromatic heterocycles. The van der Waals surface area contributed by atoms with E-state index in [0.717, 1.165) is 11.1 Å². The molecule has 0 aliphatic rings. The van der Waals surface area contributed by atoms with Crippen molar-refractivity contribution in [2.75, 3.05) is 0 Å². The maximum atomic E-state index is 8.14. The molecule has 0 radical (unpaired) electrons. The van der Waals surface area contributed by atoms with Crippen molar-refractivity contribution in [3.8, 4) is 0 Å². The van der Waals surface area contributed by atoms with Gasteiger partial charge in [-0.2, -0.15) is 5.10 Å².